The molecular weight excluding hydrogens is 392 g/mol. The van der Waals surface area contributed by atoms with Gasteiger partial charge in [0.05, 0.1) is 12.2 Å². The standard InChI is InChI=1S/C24H22N4O3/c1-14-18(4-3-10-25-14)13-28-22-21(31-15(2)24(28)30)8-7-20(27-22)17-6-5-16-9-11-26-23(29)19(16)12-17/h3-8,10,12,15H,9,11,13H2,1-2H3,(H,26,29). The van der Waals surface area contributed by atoms with Gasteiger partial charge in [0.2, 0.25) is 0 Å². The van der Waals surface area contributed by atoms with E-state index in [0.717, 1.165) is 28.8 Å². The van der Waals surface area contributed by atoms with Crippen molar-refractivity contribution >= 4 is 17.6 Å². The number of hydrogen-bond donors (Lipinski definition) is 1. The van der Waals surface area contributed by atoms with Crippen molar-refractivity contribution in [3.63, 3.8) is 0 Å². The molecule has 1 atom stereocenters. The van der Waals surface area contributed by atoms with Gasteiger partial charge < -0.3 is 10.1 Å². The molecule has 2 aromatic heterocycles. The summed E-state index contributed by atoms with van der Waals surface area (Å²) in [6.07, 6.45) is 1.96. The molecule has 2 aliphatic heterocycles. The van der Waals surface area contributed by atoms with Gasteiger partial charge in [-0.3, -0.25) is 19.5 Å². The highest BCUT2D eigenvalue weighted by molar-refractivity contribution is 5.99. The van der Waals surface area contributed by atoms with Crippen LogP contribution in [-0.2, 0) is 17.8 Å². The fourth-order valence-corrected chi connectivity index (χ4v) is 4.03. The van der Waals surface area contributed by atoms with Crippen LogP contribution in [0.1, 0.15) is 34.1 Å². The molecule has 5 rings (SSSR count). The molecule has 3 aromatic rings. The number of fused-ring (bicyclic) bond motifs is 2. The number of rotatable bonds is 3. The highest BCUT2D eigenvalue weighted by atomic mass is 16.5. The topological polar surface area (TPSA) is 84.4 Å². The third-order valence-electron chi connectivity index (χ3n) is 5.79. The number of ether oxygens (including phenoxy) is 1. The van der Waals surface area contributed by atoms with Crippen LogP contribution in [0.15, 0.2) is 48.7 Å². The third-order valence-corrected chi connectivity index (χ3v) is 5.79. The maximum absolute atomic E-state index is 13.0. The molecule has 0 saturated heterocycles. The lowest BCUT2D eigenvalue weighted by Crippen LogP contribution is -2.44. The van der Waals surface area contributed by atoms with Crippen LogP contribution >= 0.6 is 0 Å². The summed E-state index contributed by atoms with van der Waals surface area (Å²) >= 11 is 0. The Morgan fingerprint density at radius 3 is 2.90 bits per heavy atom. The lowest BCUT2D eigenvalue weighted by molar-refractivity contribution is -0.125. The highest BCUT2D eigenvalue weighted by Crippen LogP contribution is 2.36. The van der Waals surface area contributed by atoms with E-state index in [0.29, 0.717) is 35.9 Å². The third kappa shape index (κ3) is 3.42. The lowest BCUT2D eigenvalue weighted by Gasteiger charge is -2.32. The van der Waals surface area contributed by atoms with Gasteiger partial charge in [0.25, 0.3) is 11.8 Å². The van der Waals surface area contributed by atoms with Gasteiger partial charge in [0.1, 0.15) is 0 Å². The maximum Gasteiger partial charge on any atom is 0.269 e. The van der Waals surface area contributed by atoms with Crippen LogP contribution in [0.5, 0.6) is 5.75 Å². The number of amides is 2. The summed E-state index contributed by atoms with van der Waals surface area (Å²) in [7, 11) is 0. The summed E-state index contributed by atoms with van der Waals surface area (Å²) in [6, 6.07) is 13.3. The molecule has 0 saturated carbocycles. The normalized spacial score (nSPS) is 17.5. The van der Waals surface area contributed by atoms with Gasteiger partial charge in [-0.05, 0) is 55.7 Å². The fourth-order valence-electron chi connectivity index (χ4n) is 4.03. The predicted molar refractivity (Wildman–Crippen MR) is 116 cm³/mol. The van der Waals surface area contributed by atoms with Crippen LogP contribution in [0.2, 0.25) is 0 Å². The Bertz CT molecular complexity index is 1210. The second-order valence-corrected chi connectivity index (χ2v) is 7.83. The first kappa shape index (κ1) is 19.2. The molecule has 7 nitrogen and oxygen atoms in total. The summed E-state index contributed by atoms with van der Waals surface area (Å²) in [5, 5.41) is 2.88. The summed E-state index contributed by atoms with van der Waals surface area (Å²) in [5.74, 6) is 0.825. The van der Waals surface area contributed by atoms with Crippen LogP contribution in [-0.4, -0.2) is 34.4 Å². The zero-order valence-corrected chi connectivity index (χ0v) is 17.4. The van der Waals surface area contributed by atoms with E-state index in [1.165, 1.54) is 0 Å². The van der Waals surface area contributed by atoms with E-state index in [2.05, 4.69) is 10.3 Å². The van der Waals surface area contributed by atoms with Crippen molar-refractivity contribution in [2.24, 2.45) is 0 Å². The number of pyridine rings is 2. The van der Waals surface area contributed by atoms with Gasteiger partial charge in [0.15, 0.2) is 17.7 Å². The average molecular weight is 414 g/mol. The molecule has 7 heteroatoms. The summed E-state index contributed by atoms with van der Waals surface area (Å²) in [4.78, 5) is 36.0. The van der Waals surface area contributed by atoms with E-state index < -0.39 is 6.10 Å². The molecule has 31 heavy (non-hydrogen) atoms. The van der Waals surface area contributed by atoms with Gasteiger partial charge >= 0.3 is 0 Å². The van der Waals surface area contributed by atoms with Gasteiger partial charge in [-0.1, -0.05) is 18.2 Å². The van der Waals surface area contributed by atoms with Crippen molar-refractivity contribution in [1.82, 2.24) is 15.3 Å². The van der Waals surface area contributed by atoms with Gasteiger partial charge in [-0.15, -0.1) is 0 Å². The smallest absolute Gasteiger partial charge is 0.269 e. The summed E-state index contributed by atoms with van der Waals surface area (Å²) in [5.41, 5.74) is 5.03. The van der Waals surface area contributed by atoms with E-state index in [1.54, 1.807) is 18.0 Å². The van der Waals surface area contributed by atoms with E-state index >= 15 is 0 Å². The van der Waals surface area contributed by atoms with Crippen LogP contribution in [0, 0.1) is 6.92 Å². The first-order chi connectivity index (χ1) is 15.0. The quantitative estimate of drug-likeness (QED) is 0.712. The molecule has 1 aromatic carbocycles. The molecular formula is C24H22N4O3. The monoisotopic (exact) mass is 414 g/mol. The molecule has 1 N–H and O–H groups in total. The van der Waals surface area contributed by atoms with E-state index in [9.17, 15) is 9.59 Å². The number of carbonyl (C=O) groups is 2. The SMILES string of the molecule is Cc1ncccc1CN1C(=O)C(C)Oc2ccc(-c3ccc4c(c3)C(=O)NCC4)nc21. The zero-order chi connectivity index (χ0) is 21.5. The number of carbonyl (C=O) groups excluding carboxylic acids is 2. The number of aromatic nitrogens is 2. The molecule has 0 aliphatic carbocycles. The van der Waals surface area contributed by atoms with Crippen molar-refractivity contribution in [3.8, 4) is 17.0 Å². The van der Waals surface area contributed by atoms with E-state index in [1.807, 2.05) is 49.4 Å². The molecule has 156 valence electrons. The van der Waals surface area contributed by atoms with Gasteiger partial charge in [-0.2, -0.15) is 0 Å². The Morgan fingerprint density at radius 1 is 1.19 bits per heavy atom. The molecule has 0 radical (unpaired) electrons. The number of hydrogen-bond acceptors (Lipinski definition) is 5. The summed E-state index contributed by atoms with van der Waals surface area (Å²) in [6.45, 7) is 4.68. The van der Waals surface area contributed by atoms with Crippen molar-refractivity contribution in [3.05, 3.63) is 71.0 Å². The molecule has 4 heterocycles. The molecule has 2 amide bonds. The van der Waals surface area contributed by atoms with Crippen molar-refractivity contribution in [2.75, 3.05) is 11.4 Å². The molecule has 0 bridgehead atoms. The second kappa shape index (κ2) is 7.50. The lowest BCUT2D eigenvalue weighted by atomic mass is 9.96. The number of benzene rings is 1. The molecule has 1 unspecified atom stereocenters. The average Bonchev–Trinajstić information content (AvgIpc) is 2.78. The Morgan fingerprint density at radius 2 is 2.06 bits per heavy atom. The van der Waals surface area contributed by atoms with Crippen LogP contribution in [0.4, 0.5) is 5.82 Å². The predicted octanol–water partition coefficient (Wildman–Crippen LogP) is 3.05. The first-order valence-corrected chi connectivity index (χ1v) is 10.3. The second-order valence-electron chi connectivity index (χ2n) is 7.83. The molecule has 2 aliphatic rings. The molecule has 0 spiro atoms. The Hall–Kier alpha value is -3.74. The minimum atomic E-state index is -0.593. The number of aryl methyl sites for hydroxylation is 1. The van der Waals surface area contributed by atoms with E-state index in [4.69, 9.17) is 9.72 Å². The van der Waals surface area contributed by atoms with Crippen LogP contribution in [0.3, 0.4) is 0 Å². The van der Waals surface area contributed by atoms with E-state index in [-0.39, 0.29) is 11.8 Å². The van der Waals surface area contributed by atoms with Crippen LogP contribution < -0.4 is 15.0 Å². The largest absolute Gasteiger partial charge is 0.477 e. The highest BCUT2D eigenvalue weighted by Gasteiger charge is 2.33. The van der Waals surface area contributed by atoms with Crippen molar-refractivity contribution < 1.29 is 14.3 Å². The fraction of sp³-hybridized carbons (Fsp3) is 0.250. The number of anilines is 1. The maximum atomic E-state index is 13.0. The molecule has 0 fully saturated rings. The van der Waals surface area contributed by atoms with Crippen molar-refractivity contribution in [1.29, 1.82) is 0 Å². The Balaban J connectivity index is 1.56. The number of nitrogens with zero attached hydrogens (tertiary/aromatic N) is 3. The van der Waals surface area contributed by atoms with Crippen LogP contribution in [0.25, 0.3) is 11.3 Å². The zero-order valence-electron chi connectivity index (χ0n) is 17.4. The van der Waals surface area contributed by atoms with Gasteiger partial charge in [0, 0.05) is 29.6 Å². The summed E-state index contributed by atoms with van der Waals surface area (Å²) < 4.78 is 5.81. The minimum absolute atomic E-state index is 0.0675. The minimum Gasteiger partial charge on any atom is -0.477 e. The Labute approximate surface area is 180 Å². The van der Waals surface area contributed by atoms with Gasteiger partial charge in [-0.25, -0.2) is 4.98 Å². The van der Waals surface area contributed by atoms with Crippen molar-refractivity contribution in [2.45, 2.75) is 32.9 Å². The first-order valence-electron chi connectivity index (χ1n) is 10.3. The number of nitrogens with one attached hydrogen (secondary N) is 1. The Kier molecular flexibility index (Phi) is 4.66.